The van der Waals surface area contributed by atoms with Crippen molar-refractivity contribution in [1.82, 2.24) is 0 Å². The second-order valence-corrected chi connectivity index (χ2v) is 12.1. The molecule has 0 atom stereocenters. The van der Waals surface area contributed by atoms with E-state index in [1.807, 2.05) is 45.0 Å². The van der Waals surface area contributed by atoms with Crippen LogP contribution in [-0.2, 0) is 32.4 Å². The van der Waals surface area contributed by atoms with Gasteiger partial charge in [-0.3, -0.25) is 40.7 Å². The Morgan fingerprint density at radius 1 is 0.717 bits per heavy atom. The first-order valence-electron chi connectivity index (χ1n) is 15.6. The minimum atomic E-state index is -0.632. The van der Waals surface area contributed by atoms with Gasteiger partial charge in [0.15, 0.2) is 0 Å². The number of carbonyl (C=O) groups is 2. The number of hydrogen-bond acceptors (Lipinski definition) is 12. The van der Waals surface area contributed by atoms with Gasteiger partial charge < -0.3 is 10.2 Å². The van der Waals surface area contributed by atoms with E-state index in [0.29, 0.717) is 16.7 Å². The standard InChI is InChI=1S/C21H21N3O4.C16H11N3O4.Cr.Na/c1-4-21(2,3)14-11-16(20(26)17(12-14)24(27)28)22-23-19-15-8-6-5-7-13(15)9-10-18(19)25;20-14-8-5-10-3-1-2-4-12(10)16(14)18-17-13-7-6-11(19(22)23)9-15(13)21;;/h5-12,22,26H,4H2,1-3H3;1-9,17,21H;;/q;;;+1/b23-19-;18-16-;;. The zero-order chi connectivity index (χ0) is 36.9. The van der Waals surface area contributed by atoms with Crippen molar-refractivity contribution in [3.63, 3.8) is 0 Å². The largest absolute Gasteiger partial charge is 1.00 e. The Kier molecular flexibility index (Phi) is 14.2. The molecule has 16 heteroatoms. The van der Waals surface area contributed by atoms with E-state index < -0.39 is 21.3 Å². The van der Waals surface area contributed by atoms with Gasteiger partial charge in [-0.15, -0.1) is 0 Å². The van der Waals surface area contributed by atoms with E-state index in [-0.39, 0.29) is 98.1 Å². The normalized spacial score (nSPS) is 14.2. The summed E-state index contributed by atoms with van der Waals surface area (Å²) in [6, 6.07) is 21.1. The maximum absolute atomic E-state index is 12.3. The van der Waals surface area contributed by atoms with Crippen molar-refractivity contribution in [2.75, 3.05) is 10.9 Å². The van der Waals surface area contributed by atoms with Crippen molar-refractivity contribution in [1.29, 1.82) is 0 Å². The Hall–Kier alpha value is -5.43. The number of nitro groups is 2. The number of fused-ring (bicyclic) bond motifs is 2. The van der Waals surface area contributed by atoms with Gasteiger partial charge >= 0.3 is 35.2 Å². The number of rotatable bonds is 8. The summed E-state index contributed by atoms with van der Waals surface area (Å²) >= 11 is 0. The van der Waals surface area contributed by atoms with E-state index >= 15 is 0 Å². The number of aromatic hydroxyl groups is 2. The molecular formula is C37H32CrN6NaO8+. The smallest absolute Gasteiger partial charge is 0.505 e. The van der Waals surface area contributed by atoms with Crippen LogP contribution in [0.15, 0.2) is 101 Å². The van der Waals surface area contributed by atoms with Crippen LogP contribution in [-0.4, -0.2) is 43.0 Å². The topological polar surface area (TPSA) is 210 Å². The van der Waals surface area contributed by atoms with Crippen LogP contribution >= 0.6 is 0 Å². The van der Waals surface area contributed by atoms with Gasteiger partial charge in [0.2, 0.25) is 17.3 Å². The van der Waals surface area contributed by atoms with Gasteiger partial charge in [0.25, 0.3) is 5.69 Å². The number of benzene rings is 4. The molecule has 0 fully saturated rings. The number of allylic oxidation sites excluding steroid dienone is 2. The summed E-state index contributed by atoms with van der Waals surface area (Å²) < 4.78 is 0. The summed E-state index contributed by atoms with van der Waals surface area (Å²) in [5.41, 5.74) is 8.64. The molecule has 0 amide bonds. The summed E-state index contributed by atoms with van der Waals surface area (Å²) in [4.78, 5) is 45.1. The average Bonchev–Trinajstić information content (AvgIpc) is 3.11. The van der Waals surface area contributed by atoms with Gasteiger partial charge in [0, 0.05) is 40.6 Å². The van der Waals surface area contributed by atoms with E-state index in [1.165, 1.54) is 30.4 Å². The summed E-state index contributed by atoms with van der Waals surface area (Å²) in [6.45, 7) is 5.91. The van der Waals surface area contributed by atoms with E-state index in [9.17, 15) is 40.0 Å². The molecule has 0 saturated carbocycles. The molecule has 53 heavy (non-hydrogen) atoms. The second kappa shape index (κ2) is 17.9. The monoisotopic (exact) mass is 763 g/mol. The number of hydrogen-bond donors (Lipinski definition) is 4. The summed E-state index contributed by atoms with van der Waals surface area (Å²) in [5.74, 6) is -1.39. The molecule has 264 valence electrons. The molecule has 0 bridgehead atoms. The minimum absolute atomic E-state index is 0. The molecule has 4 N–H and O–H groups in total. The number of nitrogens with one attached hydrogen (secondary N) is 2. The molecular weight excluding hydrogens is 731 g/mol. The number of nitro benzene ring substituents is 2. The summed E-state index contributed by atoms with van der Waals surface area (Å²) in [6.07, 6.45) is 7.00. The van der Waals surface area contributed by atoms with Gasteiger partial charge in [-0.1, -0.05) is 81.5 Å². The van der Waals surface area contributed by atoms with Crippen molar-refractivity contribution in [3.8, 4) is 11.5 Å². The Bertz CT molecular complexity index is 2220. The molecule has 0 radical (unpaired) electrons. The number of non-ortho nitro benzene ring substituents is 1. The molecule has 6 rings (SSSR count). The number of anilines is 2. The molecule has 2 aliphatic carbocycles. The van der Waals surface area contributed by atoms with Crippen molar-refractivity contribution in [3.05, 3.63) is 139 Å². The van der Waals surface area contributed by atoms with Crippen LogP contribution in [0.5, 0.6) is 11.5 Å². The zero-order valence-electron chi connectivity index (χ0n) is 29.1. The predicted octanol–water partition coefficient (Wildman–Crippen LogP) is 4.11. The van der Waals surface area contributed by atoms with Crippen molar-refractivity contribution in [2.24, 2.45) is 10.2 Å². The average molecular weight is 764 g/mol. The third-order valence-corrected chi connectivity index (χ3v) is 8.45. The number of phenols is 2. The van der Waals surface area contributed by atoms with Crippen LogP contribution in [0.4, 0.5) is 22.7 Å². The van der Waals surface area contributed by atoms with Crippen molar-refractivity contribution < 1.29 is 76.6 Å². The van der Waals surface area contributed by atoms with Crippen LogP contribution in [0.25, 0.3) is 12.2 Å². The molecule has 0 heterocycles. The first-order valence-corrected chi connectivity index (χ1v) is 15.6. The fourth-order valence-corrected chi connectivity index (χ4v) is 5.10. The minimum Gasteiger partial charge on any atom is -0.505 e. The molecule has 0 spiro atoms. The quantitative estimate of drug-likeness (QED) is 0.0874. The SMILES string of the molecule is CCC(C)(C)c1cc(N/N=C2\C(=O)C=Cc3ccccc32)c(O)c([N+](=O)[O-])c1.O=C1C=Cc2ccccc2/C1=N/Nc1ccc([N+](=O)[O-])cc1O.[Cr].[Na+]. The maximum Gasteiger partial charge on any atom is 1.00 e. The summed E-state index contributed by atoms with van der Waals surface area (Å²) in [7, 11) is 0. The number of hydrazone groups is 2. The van der Waals surface area contributed by atoms with Gasteiger partial charge in [-0.2, -0.15) is 10.2 Å². The molecule has 2 aliphatic rings. The molecule has 14 nitrogen and oxygen atoms in total. The Balaban J connectivity index is 0.000000280. The number of phenolic OH excluding ortho intramolecular Hbond substituents is 2. The first kappa shape index (κ1) is 42.0. The van der Waals surface area contributed by atoms with Crippen LogP contribution < -0.4 is 40.4 Å². The fraction of sp³-hybridized carbons (Fsp3) is 0.135. The molecule has 0 saturated heterocycles. The van der Waals surface area contributed by atoms with E-state index in [4.69, 9.17) is 0 Å². The van der Waals surface area contributed by atoms with Gasteiger partial charge in [-0.05, 0) is 52.8 Å². The van der Waals surface area contributed by atoms with Crippen LogP contribution in [0.3, 0.4) is 0 Å². The first-order chi connectivity index (χ1) is 24.3. The number of nitrogens with zero attached hydrogens (tertiary/aromatic N) is 4. The second-order valence-electron chi connectivity index (χ2n) is 12.1. The van der Waals surface area contributed by atoms with Crippen molar-refractivity contribution >= 4 is 57.9 Å². The van der Waals surface area contributed by atoms with Crippen LogP contribution in [0.1, 0.15) is 55.0 Å². The van der Waals surface area contributed by atoms with Gasteiger partial charge in [0.05, 0.1) is 21.6 Å². The van der Waals surface area contributed by atoms with Gasteiger partial charge in [-0.25, -0.2) is 0 Å². The summed E-state index contributed by atoms with van der Waals surface area (Å²) in [5, 5.41) is 50.4. The number of carbonyl (C=O) groups excluding carboxylic acids is 2. The maximum atomic E-state index is 12.3. The van der Waals surface area contributed by atoms with E-state index in [2.05, 4.69) is 21.1 Å². The Morgan fingerprint density at radius 3 is 1.70 bits per heavy atom. The van der Waals surface area contributed by atoms with E-state index in [1.54, 1.807) is 42.5 Å². The van der Waals surface area contributed by atoms with Crippen molar-refractivity contribution in [2.45, 2.75) is 32.6 Å². The molecule has 0 unspecified atom stereocenters. The third-order valence-electron chi connectivity index (χ3n) is 8.45. The molecule has 4 aromatic carbocycles. The van der Waals surface area contributed by atoms with E-state index in [0.717, 1.165) is 23.6 Å². The zero-order valence-corrected chi connectivity index (χ0v) is 32.3. The Morgan fingerprint density at radius 2 is 1.23 bits per heavy atom. The Labute approximate surface area is 336 Å². The van der Waals surface area contributed by atoms with Crippen LogP contribution in [0, 0.1) is 20.2 Å². The van der Waals surface area contributed by atoms with Gasteiger partial charge in [0.1, 0.15) is 22.9 Å². The fourth-order valence-electron chi connectivity index (χ4n) is 5.10. The molecule has 4 aromatic rings. The predicted molar refractivity (Wildman–Crippen MR) is 194 cm³/mol. The third kappa shape index (κ3) is 9.52. The van der Waals surface area contributed by atoms with Crippen LogP contribution in [0.2, 0.25) is 0 Å². The molecule has 0 aromatic heterocycles. The molecule has 0 aliphatic heterocycles. The number of ketones is 2.